The molecule has 0 radical (unpaired) electrons. The molecule has 10 heteroatoms. The summed E-state index contributed by atoms with van der Waals surface area (Å²) in [5.74, 6) is -0.903. The van der Waals surface area contributed by atoms with Crippen molar-refractivity contribution in [2.75, 3.05) is 40.5 Å². The molecule has 0 aromatic heterocycles. The van der Waals surface area contributed by atoms with Crippen LogP contribution in [0.15, 0.2) is 97.2 Å². The van der Waals surface area contributed by atoms with Gasteiger partial charge >= 0.3 is 19.8 Å². The van der Waals surface area contributed by atoms with Crippen molar-refractivity contribution in [3.05, 3.63) is 97.2 Å². The summed E-state index contributed by atoms with van der Waals surface area (Å²) in [6, 6.07) is 0. The van der Waals surface area contributed by atoms with Crippen LogP contribution in [-0.2, 0) is 32.7 Å². The number of phosphoric acid groups is 1. The van der Waals surface area contributed by atoms with Gasteiger partial charge in [-0.2, -0.15) is 0 Å². The van der Waals surface area contributed by atoms with Gasteiger partial charge < -0.3 is 19.3 Å². The molecule has 0 fully saturated rings. The van der Waals surface area contributed by atoms with Crippen LogP contribution in [-0.4, -0.2) is 68.3 Å². The van der Waals surface area contributed by atoms with E-state index in [1.807, 2.05) is 20.2 Å². The molecule has 312 valence electrons. The van der Waals surface area contributed by atoms with Gasteiger partial charge in [0.2, 0.25) is 0 Å². The molecule has 2 unspecified atom stereocenters. The van der Waals surface area contributed by atoms with Crippen molar-refractivity contribution < 1.29 is 37.6 Å². The third-order valence-corrected chi connectivity index (χ3v) is 8.87. The summed E-state index contributed by atoms with van der Waals surface area (Å²) >= 11 is 0. The topological polar surface area (TPSA) is 112 Å². The lowest BCUT2D eigenvalue weighted by molar-refractivity contribution is -0.161. The van der Waals surface area contributed by atoms with Gasteiger partial charge in [0, 0.05) is 19.4 Å². The number of hydrogen-bond acceptors (Lipinski definition) is 8. The number of hydrogen-bond donors (Lipinski definition) is 1. The molecule has 0 aliphatic heterocycles. The summed E-state index contributed by atoms with van der Waals surface area (Å²) in [5.41, 5.74) is 0. The maximum absolute atomic E-state index is 12.6. The fourth-order valence-electron chi connectivity index (χ4n) is 4.79. The summed E-state index contributed by atoms with van der Waals surface area (Å²) in [7, 11) is -0.761. The molecule has 0 heterocycles. The molecular weight excluding hydrogens is 713 g/mol. The zero-order chi connectivity index (χ0) is 40.5. The van der Waals surface area contributed by atoms with Crippen molar-refractivity contribution in [3.63, 3.8) is 0 Å². The summed E-state index contributed by atoms with van der Waals surface area (Å²) in [6.45, 7) is 3.97. The Morgan fingerprint density at radius 3 is 1.51 bits per heavy atom. The number of unbranched alkanes of at least 4 members (excludes halogenated alkanes) is 6. The molecule has 55 heavy (non-hydrogen) atoms. The third kappa shape index (κ3) is 40.4. The van der Waals surface area contributed by atoms with E-state index in [9.17, 15) is 19.0 Å². The van der Waals surface area contributed by atoms with Crippen molar-refractivity contribution in [1.29, 1.82) is 0 Å². The molecule has 0 saturated heterocycles. The molecule has 0 aromatic carbocycles. The standard InChI is InChI=1S/C45H74NO8P/c1-5-7-9-11-13-15-17-19-21-22-24-25-27-29-31-33-35-37-44(47)51-41-43(42-53-55(49,50)52-40-39-46(3)4)54-45(48)38-36-34-32-30-28-26-23-20-18-16-14-12-10-8-6-2/h7-10,13-16,19-21,23-25,29,31,43H,5-6,11-12,17-18,22,26-28,30,32-42H2,1-4H3,(H,49,50)/b9-7-,10-8-,15-13-,16-14-,21-19-,23-20-,25-24-,31-29-. The van der Waals surface area contributed by atoms with Crippen LogP contribution in [0.5, 0.6) is 0 Å². The van der Waals surface area contributed by atoms with E-state index in [2.05, 4.69) is 105 Å². The van der Waals surface area contributed by atoms with Gasteiger partial charge in [-0.25, -0.2) is 4.57 Å². The first-order valence-corrected chi connectivity index (χ1v) is 22.0. The highest BCUT2D eigenvalue weighted by molar-refractivity contribution is 7.47. The summed E-state index contributed by atoms with van der Waals surface area (Å²) in [5, 5.41) is 0. The first-order valence-electron chi connectivity index (χ1n) is 20.5. The van der Waals surface area contributed by atoms with Crippen LogP contribution in [0.25, 0.3) is 0 Å². The number of nitrogens with zero attached hydrogens (tertiary/aromatic N) is 1. The predicted octanol–water partition coefficient (Wildman–Crippen LogP) is 11.6. The van der Waals surface area contributed by atoms with Gasteiger partial charge in [0.1, 0.15) is 6.61 Å². The second-order valence-corrected chi connectivity index (χ2v) is 14.8. The molecule has 0 aliphatic carbocycles. The first-order chi connectivity index (χ1) is 26.7. The van der Waals surface area contributed by atoms with Gasteiger partial charge in [-0.3, -0.25) is 18.6 Å². The monoisotopic (exact) mass is 788 g/mol. The van der Waals surface area contributed by atoms with Crippen LogP contribution >= 0.6 is 7.82 Å². The molecule has 0 bridgehead atoms. The van der Waals surface area contributed by atoms with Gasteiger partial charge in [0.05, 0.1) is 13.2 Å². The minimum absolute atomic E-state index is 0.0110. The number of carbonyl (C=O) groups excluding carboxylic acids is 2. The van der Waals surface area contributed by atoms with Gasteiger partial charge in [0.25, 0.3) is 0 Å². The minimum atomic E-state index is -4.38. The SMILES string of the molecule is CC/C=C\C/C=C\C/C=C\C/C=C\C/C=C\CCCC(=O)OCC(COP(=O)(O)OCCN(C)C)OC(=O)CCCCCCC/C=C\C/C=C\C/C=C\CC. The highest BCUT2D eigenvalue weighted by atomic mass is 31.2. The van der Waals surface area contributed by atoms with E-state index in [1.54, 1.807) is 4.90 Å². The molecule has 2 atom stereocenters. The van der Waals surface area contributed by atoms with Gasteiger partial charge in [0.15, 0.2) is 6.10 Å². The van der Waals surface area contributed by atoms with Crippen LogP contribution in [0, 0.1) is 0 Å². The summed E-state index contributed by atoms with van der Waals surface area (Å²) < 4.78 is 33.3. The van der Waals surface area contributed by atoms with Crippen LogP contribution in [0.3, 0.4) is 0 Å². The fraction of sp³-hybridized carbons (Fsp3) is 0.600. The average Bonchev–Trinajstić information content (AvgIpc) is 3.15. The summed E-state index contributed by atoms with van der Waals surface area (Å²) in [4.78, 5) is 36.9. The zero-order valence-electron chi connectivity index (χ0n) is 34.6. The number of carbonyl (C=O) groups is 2. The number of rotatable bonds is 36. The minimum Gasteiger partial charge on any atom is -0.462 e. The Kier molecular flexibility index (Phi) is 37.0. The first kappa shape index (κ1) is 51.9. The second-order valence-electron chi connectivity index (χ2n) is 13.4. The predicted molar refractivity (Wildman–Crippen MR) is 229 cm³/mol. The fourth-order valence-corrected chi connectivity index (χ4v) is 5.54. The number of likely N-dealkylation sites (N-methyl/N-ethyl adjacent to an activating group) is 1. The third-order valence-electron chi connectivity index (χ3n) is 7.89. The molecule has 0 spiro atoms. The Hall–Kier alpha value is -3.07. The van der Waals surface area contributed by atoms with Crippen molar-refractivity contribution in [3.8, 4) is 0 Å². The number of esters is 2. The Morgan fingerprint density at radius 2 is 1.00 bits per heavy atom. The Morgan fingerprint density at radius 1 is 0.564 bits per heavy atom. The van der Waals surface area contributed by atoms with Crippen molar-refractivity contribution >= 4 is 19.8 Å². The van der Waals surface area contributed by atoms with E-state index in [0.717, 1.165) is 89.9 Å². The lowest BCUT2D eigenvalue weighted by atomic mass is 10.1. The van der Waals surface area contributed by atoms with Gasteiger partial charge in [-0.15, -0.1) is 0 Å². The highest BCUT2D eigenvalue weighted by Gasteiger charge is 2.26. The van der Waals surface area contributed by atoms with E-state index < -0.39 is 32.5 Å². The molecule has 9 nitrogen and oxygen atoms in total. The highest BCUT2D eigenvalue weighted by Crippen LogP contribution is 2.43. The van der Waals surface area contributed by atoms with E-state index in [0.29, 0.717) is 19.4 Å². The quantitative estimate of drug-likeness (QED) is 0.0287. The zero-order valence-corrected chi connectivity index (χ0v) is 35.5. The number of phosphoric ester groups is 1. The van der Waals surface area contributed by atoms with E-state index in [1.165, 1.54) is 0 Å². The maximum atomic E-state index is 12.6. The second kappa shape index (κ2) is 39.2. The van der Waals surface area contributed by atoms with Gasteiger partial charge in [-0.1, -0.05) is 130 Å². The van der Waals surface area contributed by atoms with Crippen molar-refractivity contribution in [2.24, 2.45) is 0 Å². The molecule has 0 saturated carbocycles. The summed E-state index contributed by atoms with van der Waals surface area (Å²) in [6.07, 6.45) is 48.9. The normalized spacial score (nSPS) is 14.4. The lowest BCUT2D eigenvalue weighted by Crippen LogP contribution is -2.29. The molecule has 1 N–H and O–H groups in total. The number of allylic oxidation sites excluding steroid dienone is 16. The smallest absolute Gasteiger partial charge is 0.462 e. The Bertz CT molecular complexity index is 1230. The van der Waals surface area contributed by atoms with E-state index >= 15 is 0 Å². The molecular formula is C45H74NO8P. The van der Waals surface area contributed by atoms with Gasteiger partial charge in [-0.05, 0) is 97.6 Å². The van der Waals surface area contributed by atoms with Crippen LogP contribution < -0.4 is 0 Å². The molecule has 0 amide bonds. The molecule has 0 aromatic rings. The Labute approximate surface area is 334 Å². The molecule has 0 rings (SSSR count). The van der Waals surface area contributed by atoms with E-state index in [-0.39, 0.29) is 26.1 Å². The van der Waals surface area contributed by atoms with E-state index in [4.69, 9.17) is 18.5 Å². The van der Waals surface area contributed by atoms with Crippen LogP contribution in [0.4, 0.5) is 0 Å². The average molecular weight is 788 g/mol. The van der Waals surface area contributed by atoms with Crippen LogP contribution in [0.2, 0.25) is 0 Å². The van der Waals surface area contributed by atoms with Crippen LogP contribution in [0.1, 0.15) is 129 Å². The largest absolute Gasteiger partial charge is 0.472 e. The van der Waals surface area contributed by atoms with Crippen molar-refractivity contribution in [2.45, 2.75) is 136 Å². The maximum Gasteiger partial charge on any atom is 0.472 e. The number of ether oxygens (including phenoxy) is 2. The Balaban J connectivity index is 4.47. The van der Waals surface area contributed by atoms with Crippen molar-refractivity contribution in [1.82, 2.24) is 4.90 Å². The molecule has 0 aliphatic rings. The lowest BCUT2D eigenvalue weighted by Gasteiger charge is -2.20.